The van der Waals surface area contributed by atoms with Gasteiger partial charge in [0.15, 0.2) is 0 Å². The number of aromatic nitrogens is 2. The molecule has 102 valence electrons. The summed E-state index contributed by atoms with van der Waals surface area (Å²) in [6.45, 7) is 8.04. The summed E-state index contributed by atoms with van der Waals surface area (Å²) in [6.07, 6.45) is 1.16. The fourth-order valence-corrected chi connectivity index (χ4v) is 2.16. The van der Waals surface area contributed by atoms with E-state index in [9.17, 15) is 0 Å². The minimum absolute atomic E-state index is 0.744. The number of rotatable bonds is 5. The van der Waals surface area contributed by atoms with Gasteiger partial charge in [-0.15, -0.1) is 0 Å². The summed E-state index contributed by atoms with van der Waals surface area (Å²) in [6, 6.07) is 8.42. The van der Waals surface area contributed by atoms with E-state index >= 15 is 0 Å². The highest BCUT2D eigenvalue weighted by molar-refractivity contribution is 6.31. The molecule has 0 aliphatic rings. The van der Waals surface area contributed by atoms with E-state index in [2.05, 4.69) is 41.6 Å². The van der Waals surface area contributed by atoms with Gasteiger partial charge in [0, 0.05) is 6.54 Å². The maximum atomic E-state index is 6.17. The summed E-state index contributed by atoms with van der Waals surface area (Å²) in [5, 5.41) is 8.59. The summed E-state index contributed by atoms with van der Waals surface area (Å²) in [5.74, 6) is 0. The van der Waals surface area contributed by atoms with Gasteiger partial charge in [-0.3, -0.25) is 0 Å². The van der Waals surface area contributed by atoms with Crippen molar-refractivity contribution in [3.8, 4) is 5.69 Å². The summed E-state index contributed by atoms with van der Waals surface area (Å²) in [4.78, 5) is 0. The normalized spacial score (nSPS) is 10.9. The molecular weight excluding hydrogens is 258 g/mol. The van der Waals surface area contributed by atoms with Crippen LogP contribution in [0.4, 0.5) is 0 Å². The van der Waals surface area contributed by atoms with E-state index in [1.165, 1.54) is 5.56 Å². The van der Waals surface area contributed by atoms with Crippen molar-refractivity contribution in [1.29, 1.82) is 0 Å². The summed E-state index contributed by atoms with van der Waals surface area (Å²) in [5.41, 5.74) is 4.18. The number of benzene rings is 1. The number of nitrogens with one attached hydrogen (secondary N) is 1. The van der Waals surface area contributed by atoms with Gasteiger partial charge in [-0.1, -0.05) is 30.7 Å². The summed E-state index contributed by atoms with van der Waals surface area (Å²) < 4.78 is 1.89. The third kappa shape index (κ3) is 3.17. The third-order valence-electron chi connectivity index (χ3n) is 3.14. The predicted molar refractivity (Wildman–Crippen MR) is 80.0 cm³/mol. The Hall–Kier alpha value is -1.32. The second-order valence-corrected chi connectivity index (χ2v) is 5.12. The van der Waals surface area contributed by atoms with Crippen molar-refractivity contribution in [3.05, 3.63) is 46.2 Å². The van der Waals surface area contributed by atoms with Crippen LogP contribution in [0.5, 0.6) is 0 Å². The molecule has 2 rings (SSSR count). The van der Waals surface area contributed by atoms with Crippen LogP contribution in [0.3, 0.4) is 0 Å². The van der Waals surface area contributed by atoms with Crippen molar-refractivity contribution in [2.75, 3.05) is 6.54 Å². The van der Waals surface area contributed by atoms with Crippen molar-refractivity contribution in [2.24, 2.45) is 0 Å². The number of halogens is 1. The van der Waals surface area contributed by atoms with Crippen molar-refractivity contribution in [2.45, 2.75) is 33.7 Å². The highest BCUT2D eigenvalue weighted by atomic mass is 35.5. The highest BCUT2D eigenvalue weighted by Gasteiger charge is 2.10. The molecule has 1 aromatic carbocycles. The molecule has 4 heteroatoms. The van der Waals surface area contributed by atoms with Crippen LogP contribution in [0.15, 0.2) is 24.3 Å². The Morgan fingerprint density at radius 2 is 1.89 bits per heavy atom. The Balaban J connectivity index is 2.15. The molecule has 0 spiro atoms. The van der Waals surface area contributed by atoms with Crippen LogP contribution in [0.2, 0.25) is 5.02 Å². The van der Waals surface area contributed by atoms with E-state index in [1.807, 2.05) is 18.5 Å². The molecule has 0 fully saturated rings. The van der Waals surface area contributed by atoms with Crippen molar-refractivity contribution in [1.82, 2.24) is 15.1 Å². The average molecular weight is 278 g/mol. The molecule has 0 aliphatic carbocycles. The number of hydrogen-bond donors (Lipinski definition) is 1. The minimum atomic E-state index is 0.744. The van der Waals surface area contributed by atoms with Gasteiger partial charge < -0.3 is 5.32 Å². The summed E-state index contributed by atoms with van der Waals surface area (Å²) >= 11 is 6.17. The summed E-state index contributed by atoms with van der Waals surface area (Å²) in [7, 11) is 0. The van der Waals surface area contributed by atoms with Crippen molar-refractivity contribution in [3.63, 3.8) is 0 Å². The fourth-order valence-electron chi connectivity index (χ4n) is 2.04. The maximum absolute atomic E-state index is 6.17. The topological polar surface area (TPSA) is 29.9 Å². The molecule has 19 heavy (non-hydrogen) atoms. The molecule has 0 saturated heterocycles. The van der Waals surface area contributed by atoms with Gasteiger partial charge in [0.25, 0.3) is 0 Å². The minimum Gasteiger partial charge on any atom is -0.313 e. The molecule has 0 saturated carbocycles. The molecule has 0 aliphatic heterocycles. The van der Waals surface area contributed by atoms with Crippen LogP contribution in [-0.4, -0.2) is 16.3 Å². The van der Waals surface area contributed by atoms with E-state index in [-0.39, 0.29) is 0 Å². The highest BCUT2D eigenvalue weighted by Crippen LogP contribution is 2.22. The first kappa shape index (κ1) is 14.1. The molecular formula is C15H20ClN3. The first-order valence-corrected chi connectivity index (χ1v) is 7.03. The lowest BCUT2D eigenvalue weighted by Crippen LogP contribution is -2.13. The van der Waals surface area contributed by atoms with Crippen molar-refractivity contribution >= 4 is 11.6 Å². The predicted octanol–water partition coefficient (Wildman–Crippen LogP) is 3.64. The van der Waals surface area contributed by atoms with Gasteiger partial charge in [-0.25, -0.2) is 4.68 Å². The van der Waals surface area contributed by atoms with E-state index < -0.39 is 0 Å². The lowest BCUT2D eigenvalue weighted by molar-refractivity contribution is 0.675. The lowest BCUT2D eigenvalue weighted by Gasteiger charge is -2.07. The van der Waals surface area contributed by atoms with Crippen LogP contribution in [0.25, 0.3) is 5.69 Å². The largest absolute Gasteiger partial charge is 0.313 e. The van der Waals surface area contributed by atoms with E-state index in [1.54, 1.807) is 0 Å². The van der Waals surface area contributed by atoms with Gasteiger partial charge in [-0.05, 0) is 44.5 Å². The number of aryl methyl sites for hydroxylation is 1. The average Bonchev–Trinajstić information content (AvgIpc) is 2.68. The molecule has 2 aromatic rings. The van der Waals surface area contributed by atoms with Crippen LogP contribution in [0, 0.1) is 13.8 Å². The van der Waals surface area contributed by atoms with Crippen LogP contribution >= 0.6 is 11.6 Å². The molecule has 0 bridgehead atoms. The third-order valence-corrected chi connectivity index (χ3v) is 3.69. The van der Waals surface area contributed by atoms with Crippen LogP contribution < -0.4 is 5.32 Å². The molecule has 0 amide bonds. The second-order valence-electron chi connectivity index (χ2n) is 4.74. The van der Waals surface area contributed by atoms with Crippen LogP contribution in [0.1, 0.15) is 30.3 Å². The maximum Gasteiger partial charge on any atom is 0.0848 e. The molecule has 1 heterocycles. The Bertz CT molecular complexity index is 543. The zero-order valence-electron chi connectivity index (χ0n) is 11.7. The van der Waals surface area contributed by atoms with Crippen molar-refractivity contribution < 1.29 is 0 Å². The first-order valence-electron chi connectivity index (χ1n) is 6.65. The monoisotopic (exact) mass is 277 g/mol. The first-order chi connectivity index (χ1) is 9.13. The lowest BCUT2D eigenvalue weighted by atomic mass is 10.2. The smallest absolute Gasteiger partial charge is 0.0848 e. The van der Waals surface area contributed by atoms with E-state index in [4.69, 9.17) is 11.6 Å². The van der Waals surface area contributed by atoms with Crippen LogP contribution in [-0.2, 0) is 6.54 Å². The molecule has 3 nitrogen and oxygen atoms in total. The molecule has 1 aromatic heterocycles. The fraction of sp³-hybridized carbons (Fsp3) is 0.400. The van der Waals surface area contributed by atoms with Gasteiger partial charge in [0.05, 0.1) is 22.1 Å². The zero-order valence-corrected chi connectivity index (χ0v) is 12.5. The van der Waals surface area contributed by atoms with Gasteiger partial charge >= 0.3 is 0 Å². The Morgan fingerprint density at radius 3 is 2.42 bits per heavy atom. The van der Waals surface area contributed by atoms with Gasteiger partial charge in [0.2, 0.25) is 0 Å². The quantitative estimate of drug-likeness (QED) is 0.846. The zero-order chi connectivity index (χ0) is 13.8. The van der Waals surface area contributed by atoms with Gasteiger partial charge in [-0.2, -0.15) is 5.10 Å². The number of hydrogen-bond acceptors (Lipinski definition) is 2. The standard InChI is InChI=1S/C15H20ClN3/c1-4-9-17-10-13-5-7-14(8-6-13)19-12(3)15(16)11(2)18-19/h5-8,17H,4,9-10H2,1-3H3. The Labute approximate surface area is 119 Å². The molecule has 0 radical (unpaired) electrons. The molecule has 0 atom stereocenters. The Kier molecular flexibility index (Phi) is 4.61. The molecule has 0 unspecified atom stereocenters. The SMILES string of the molecule is CCCNCc1ccc(-n2nc(C)c(Cl)c2C)cc1. The van der Waals surface area contributed by atoms with Gasteiger partial charge in [0.1, 0.15) is 0 Å². The van der Waals surface area contributed by atoms with E-state index in [0.29, 0.717) is 0 Å². The second kappa shape index (κ2) is 6.22. The number of nitrogens with zero attached hydrogens (tertiary/aromatic N) is 2. The Morgan fingerprint density at radius 1 is 1.21 bits per heavy atom. The van der Waals surface area contributed by atoms with E-state index in [0.717, 1.165) is 41.6 Å². The molecule has 1 N–H and O–H groups in total.